The van der Waals surface area contributed by atoms with E-state index in [9.17, 15) is 0 Å². The van der Waals surface area contributed by atoms with Crippen molar-refractivity contribution in [3.8, 4) is 9.88 Å². The average molecular weight is 348 g/mol. The predicted molar refractivity (Wildman–Crippen MR) is 105 cm³/mol. The largest absolute Gasteiger partial charge is 0.300 e. The molecule has 0 aliphatic carbocycles. The number of rotatable bonds is 4. The highest BCUT2D eigenvalue weighted by Crippen LogP contribution is 2.43. The molecular weight excluding hydrogens is 332 g/mol. The van der Waals surface area contributed by atoms with Crippen LogP contribution >= 0.6 is 22.7 Å². The van der Waals surface area contributed by atoms with Crippen LogP contribution < -0.4 is 4.90 Å². The smallest absolute Gasteiger partial charge is 0.135 e. The monoisotopic (exact) mass is 348 g/mol. The summed E-state index contributed by atoms with van der Waals surface area (Å²) in [7, 11) is 0. The first-order valence-electron chi connectivity index (χ1n) is 7.74. The molecule has 0 bridgehead atoms. The fourth-order valence-electron chi connectivity index (χ4n) is 2.64. The summed E-state index contributed by atoms with van der Waals surface area (Å²) in [6, 6.07) is 25.1. The molecule has 0 unspecified atom stereocenters. The number of para-hydroxylation sites is 2. The lowest BCUT2D eigenvalue weighted by Gasteiger charge is -2.23. The molecule has 0 atom stereocenters. The van der Waals surface area contributed by atoms with Gasteiger partial charge in [0.25, 0.3) is 0 Å². The third-order valence-corrected chi connectivity index (χ3v) is 5.92. The Morgan fingerprint density at radius 1 is 0.792 bits per heavy atom. The summed E-state index contributed by atoms with van der Waals surface area (Å²) in [6.45, 7) is 2.09. The lowest BCUT2D eigenvalue weighted by atomic mass is 10.2. The van der Waals surface area contributed by atoms with E-state index >= 15 is 0 Å². The van der Waals surface area contributed by atoms with Gasteiger partial charge < -0.3 is 4.90 Å². The Morgan fingerprint density at radius 3 is 1.96 bits per heavy atom. The second-order valence-electron chi connectivity index (χ2n) is 5.39. The van der Waals surface area contributed by atoms with Gasteiger partial charge >= 0.3 is 0 Å². The topological polar surface area (TPSA) is 16.1 Å². The van der Waals surface area contributed by atoms with Crippen molar-refractivity contribution >= 4 is 39.0 Å². The van der Waals surface area contributed by atoms with Crippen LogP contribution in [0.2, 0.25) is 0 Å². The molecule has 0 fully saturated rings. The average Bonchev–Trinajstić information content (AvgIpc) is 3.28. The summed E-state index contributed by atoms with van der Waals surface area (Å²) in [6.07, 6.45) is 0. The molecule has 4 rings (SSSR count). The second-order valence-corrected chi connectivity index (χ2v) is 7.32. The van der Waals surface area contributed by atoms with E-state index in [0.717, 1.165) is 27.1 Å². The third-order valence-electron chi connectivity index (χ3n) is 3.74. The van der Waals surface area contributed by atoms with Gasteiger partial charge in [-0.25, -0.2) is 4.98 Å². The van der Waals surface area contributed by atoms with Crippen molar-refractivity contribution in [1.82, 2.24) is 4.98 Å². The van der Waals surface area contributed by atoms with Gasteiger partial charge in [-0.05, 0) is 42.6 Å². The van der Waals surface area contributed by atoms with Gasteiger partial charge in [0.05, 0.1) is 10.6 Å². The van der Waals surface area contributed by atoms with Crippen molar-refractivity contribution in [3.05, 3.63) is 83.9 Å². The number of hydrogen-bond acceptors (Lipinski definition) is 4. The number of aryl methyl sites for hydroxylation is 1. The van der Waals surface area contributed by atoms with Crippen molar-refractivity contribution < 1.29 is 0 Å². The Labute approximate surface area is 149 Å². The molecule has 0 saturated carbocycles. The van der Waals surface area contributed by atoms with E-state index in [1.54, 1.807) is 22.7 Å². The zero-order valence-electron chi connectivity index (χ0n) is 13.2. The van der Waals surface area contributed by atoms with E-state index in [4.69, 9.17) is 4.98 Å². The first kappa shape index (κ1) is 15.1. The van der Waals surface area contributed by atoms with Crippen LogP contribution in [0.25, 0.3) is 9.88 Å². The van der Waals surface area contributed by atoms with E-state index in [2.05, 4.69) is 77.9 Å². The SMILES string of the molecule is Cc1nc(-c2cccs2)sc1N(c1ccccc1)c1ccccc1. The molecule has 0 aliphatic rings. The summed E-state index contributed by atoms with van der Waals surface area (Å²) in [5.41, 5.74) is 3.34. The molecule has 4 aromatic rings. The van der Waals surface area contributed by atoms with Crippen molar-refractivity contribution in [2.75, 3.05) is 4.90 Å². The number of nitrogens with zero attached hydrogens (tertiary/aromatic N) is 2. The van der Waals surface area contributed by atoms with Crippen molar-refractivity contribution in [3.63, 3.8) is 0 Å². The highest BCUT2D eigenvalue weighted by molar-refractivity contribution is 7.23. The van der Waals surface area contributed by atoms with Crippen LogP contribution in [0.5, 0.6) is 0 Å². The molecule has 4 heteroatoms. The molecule has 118 valence electrons. The molecule has 2 aromatic carbocycles. The molecule has 2 aromatic heterocycles. The quantitative estimate of drug-likeness (QED) is 0.410. The maximum atomic E-state index is 4.81. The normalized spacial score (nSPS) is 10.7. The Kier molecular flexibility index (Phi) is 4.15. The van der Waals surface area contributed by atoms with Gasteiger partial charge in [0.2, 0.25) is 0 Å². The Balaban J connectivity index is 1.86. The lowest BCUT2D eigenvalue weighted by Crippen LogP contribution is -2.09. The molecule has 0 spiro atoms. The van der Waals surface area contributed by atoms with Crippen molar-refractivity contribution in [2.45, 2.75) is 6.92 Å². The summed E-state index contributed by atoms with van der Waals surface area (Å²) >= 11 is 3.47. The van der Waals surface area contributed by atoms with Gasteiger partial charge in [0.15, 0.2) is 0 Å². The number of thiophene rings is 1. The third kappa shape index (κ3) is 2.86. The number of benzene rings is 2. The molecule has 0 N–H and O–H groups in total. The second kappa shape index (κ2) is 6.59. The Hall–Kier alpha value is -2.43. The number of hydrogen-bond donors (Lipinski definition) is 0. The summed E-state index contributed by atoms with van der Waals surface area (Å²) in [5.74, 6) is 0. The number of anilines is 3. The lowest BCUT2D eigenvalue weighted by molar-refractivity contribution is 1.22. The van der Waals surface area contributed by atoms with Gasteiger partial charge in [-0.1, -0.05) is 53.8 Å². The molecule has 0 saturated heterocycles. The van der Waals surface area contributed by atoms with Gasteiger partial charge in [-0.3, -0.25) is 0 Å². The van der Waals surface area contributed by atoms with E-state index in [0.29, 0.717) is 0 Å². The van der Waals surface area contributed by atoms with E-state index in [1.165, 1.54) is 4.88 Å². The molecule has 0 amide bonds. The minimum atomic E-state index is 1.05. The predicted octanol–water partition coefficient (Wildman–Crippen LogP) is 6.65. The van der Waals surface area contributed by atoms with Crippen LogP contribution in [0.15, 0.2) is 78.2 Å². The highest BCUT2D eigenvalue weighted by Gasteiger charge is 2.19. The summed E-state index contributed by atoms with van der Waals surface area (Å²) in [5, 5.41) is 4.34. The van der Waals surface area contributed by atoms with Crippen molar-refractivity contribution in [2.24, 2.45) is 0 Å². The zero-order chi connectivity index (χ0) is 16.4. The van der Waals surface area contributed by atoms with Gasteiger partial charge in [0, 0.05) is 11.4 Å². The fourth-order valence-corrected chi connectivity index (χ4v) is 4.55. The summed E-state index contributed by atoms with van der Waals surface area (Å²) in [4.78, 5) is 8.31. The van der Waals surface area contributed by atoms with Crippen LogP contribution in [0.4, 0.5) is 16.4 Å². The van der Waals surface area contributed by atoms with Crippen LogP contribution in [0.1, 0.15) is 5.69 Å². The van der Waals surface area contributed by atoms with Crippen LogP contribution in [0, 0.1) is 6.92 Å². The Bertz CT molecular complexity index is 873. The molecule has 0 radical (unpaired) electrons. The van der Waals surface area contributed by atoms with Crippen LogP contribution in [-0.2, 0) is 0 Å². The molecule has 2 nitrogen and oxygen atoms in total. The molecule has 2 heterocycles. The van der Waals surface area contributed by atoms with E-state index < -0.39 is 0 Å². The summed E-state index contributed by atoms with van der Waals surface area (Å²) < 4.78 is 0. The molecule has 0 aliphatic heterocycles. The Morgan fingerprint density at radius 2 is 1.42 bits per heavy atom. The van der Waals surface area contributed by atoms with E-state index in [1.807, 2.05) is 12.1 Å². The first-order valence-corrected chi connectivity index (χ1v) is 9.44. The van der Waals surface area contributed by atoms with Gasteiger partial charge in [-0.15, -0.1) is 11.3 Å². The first-order chi connectivity index (χ1) is 11.8. The number of thiazole rings is 1. The maximum Gasteiger partial charge on any atom is 0.135 e. The standard InChI is InChI=1S/C20H16N2S2/c1-15-20(24-19(21-15)18-13-8-14-23-18)22(16-9-4-2-5-10-16)17-11-6-3-7-12-17/h2-14H,1H3. The van der Waals surface area contributed by atoms with Crippen molar-refractivity contribution in [1.29, 1.82) is 0 Å². The van der Waals surface area contributed by atoms with Crippen LogP contribution in [0.3, 0.4) is 0 Å². The van der Waals surface area contributed by atoms with Gasteiger partial charge in [0.1, 0.15) is 10.0 Å². The minimum absolute atomic E-state index is 1.05. The van der Waals surface area contributed by atoms with Gasteiger partial charge in [-0.2, -0.15) is 0 Å². The van der Waals surface area contributed by atoms with Crippen LogP contribution in [-0.4, -0.2) is 4.98 Å². The number of aromatic nitrogens is 1. The molecular formula is C20H16N2S2. The highest BCUT2D eigenvalue weighted by atomic mass is 32.1. The maximum absolute atomic E-state index is 4.81. The zero-order valence-corrected chi connectivity index (χ0v) is 14.8. The minimum Gasteiger partial charge on any atom is -0.300 e. The fraction of sp³-hybridized carbons (Fsp3) is 0.0500. The van der Waals surface area contributed by atoms with E-state index in [-0.39, 0.29) is 0 Å². The molecule has 24 heavy (non-hydrogen) atoms.